The molecule has 1 aromatic rings. The fraction of sp³-hybridized carbons (Fsp3) is 0.776. The Kier molecular flexibility index (Phi) is 31.8. The Balaban J connectivity index is 2.25. The second kappa shape index (κ2) is 36.5. The van der Waals surface area contributed by atoms with E-state index in [9.17, 15) is 39.0 Å². The quantitative estimate of drug-likeness (QED) is 0.0826. The molecule has 2 saturated heterocycles. The van der Waals surface area contributed by atoms with E-state index < -0.39 is 139 Å². The van der Waals surface area contributed by atoms with Crippen LogP contribution in [0.1, 0.15) is 167 Å². The summed E-state index contributed by atoms with van der Waals surface area (Å²) in [5.41, 5.74) is 1.29. The molecule has 0 spiro atoms. The Hall–Kier alpha value is -5.75. The van der Waals surface area contributed by atoms with Crippen molar-refractivity contribution in [3.8, 4) is 0 Å². The number of cyclic esters (lactones) is 2. The molecule has 3 unspecified atom stereocenters. The van der Waals surface area contributed by atoms with Gasteiger partial charge in [0.05, 0.1) is 31.1 Å². The van der Waals surface area contributed by atoms with Crippen LogP contribution in [0.5, 0.6) is 0 Å². The summed E-state index contributed by atoms with van der Waals surface area (Å²) >= 11 is 0. The van der Waals surface area contributed by atoms with Gasteiger partial charge in [-0.25, -0.2) is 9.59 Å². The molecule has 0 aliphatic carbocycles. The number of hydrogen-bond donors (Lipinski definition) is 6. The Morgan fingerprint density at radius 3 is 1.57 bits per heavy atom. The first-order valence-electron chi connectivity index (χ1n) is 32.9. The van der Waals surface area contributed by atoms with Gasteiger partial charge in [-0.1, -0.05) is 120 Å². The molecular weight excluding hydrogens is 1150 g/mol. The highest BCUT2D eigenvalue weighted by Crippen LogP contribution is 2.30. The summed E-state index contributed by atoms with van der Waals surface area (Å²) in [6.07, 6.45) is -1.79. The third-order valence-electron chi connectivity index (χ3n) is 17.7. The molecule has 90 heavy (non-hydrogen) atoms. The first-order chi connectivity index (χ1) is 41.9. The highest BCUT2D eigenvalue weighted by molar-refractivity contribution is 5.98. The third kappa shape index (κ3) is 23.1. The Labute approximate surface area is 538 Å². The minimum atomic E-state index is -1.70. The molecule has 0 radical (unpaired) electrons. The molecule has 8 amide bonds. The summed E-state index contributed by atoms with van der Waals surface area (Å²) in [7, 11) is 8.73. The highest BCUT2D eigenvalue weighted by atomic mass is 16.6. The van der Waals surface area contributed by atoms with Gasteiger partial charge in [0.1, 0.15) is 42.3 Å². The number of carbonyl (C=O) groups is 9. The van der Waals surface area contributed by atoms with Crippen LogP contribution in [0.4, 0.5) is 4.79 Å². The Bertz CT molecular complexity index is 2490. The highest BCUT2D eigenvalue weighted by Gasteiger charge is 2.45. The van der Waals surface area contributed by atoms with Gasteiger partial charge in [-0.3, -0.25) is 48.7 Å². The summed E-state index contributed by atoms with van der Waals surface area (Å²) in [6.45, 7) is 29.0. The molecule has 2 aliphatic heterocycles. The van der Waals surface area contributed by atoms with E-state index in [0.29, 0.717) is 31.7 Å². The maximum atomic E-state index is 15.3. The fourth-order valence-corrected chi connectivity index (χ4v) is 12.2. The largest absolute Gasteiger partial charge is 0.417 e. The lowest BCUT2D eigenvalue weighted by Gasteiger charge is -2.41. The van der Waals surface area contributed by atoms with E-state index in [1.165, 1.54) is 57.5 Å². The molecule has 0 bridgehead atoms. The number of aliphatic hydroxyl groups excluding tert-OH is 2. The van der Waals surface area contributed by atoms with Crippen LogP contribution in [0.25, 0.3) is 0 Å². The monoisotopic (exact) mass is 1270 g/mol. The van der Waals surface area contributed by atoms with Crippen LogP contribution in [0.2, 0.25) is 0 Å². The number of amides is 8. The summed E-state index contributed by atoms with van der Waals surface area (Å²) in [4.78, 5) is 142. The zero-order chi connectivity index (χ0) is 68.3. The number of likely N-dealkylation sites (tertiary alicyclic amines) is 1. The molecule has 6 N–H and O–H groups in total. The Morgan fingerprint density at radius 1 is 0.556 bits per heavy atom. The van der Waals surface area contributed by atoms with Gasteiger partial charge in [-0.05, 0) is 145 Å². The number of hydrogen-bond acceptors (Lipinski definition) is 15. The number of nitrogens with one attached hydrogen (secondary N) is 4. The summed E-state index contributed by atoms with van der Waals surface area (Å²) < 4.78 is 5.51. The number of aliphatic hydroxyl groups is 2. The van der Waals surface area contributed by atoms with Gasteiger partial charge in [-0.15, -0.1) is 0 Å². The van der Waals surface area contributed by atoms with Crippen molar-refractivity contribution < 1.29 is 58.1 Å². The second-order valence-corrected chi connectivity index (χ2v) is 28.4. The van der Waals surface area contributed by atoms with Crippen LogP contribution in [0.15, 0.2) is 30.3 Å². The predicted molar refractivity (Wildman–Crippen MR) is 349 cm³/mol. The lowest BCUT2D eigenvalue weighted by atomic mass is 9.88. The van der Waals surface area contributed by atoms with Gasteiger partial charge in [-0.2, -0.15) is 0 Å². The molecule has 512 valence electrons. The van der Waals surface area contributed by atoms with Crippen molar-refractivity contribution in [2.45, 2.75) is 228 Å². The topological polar surface area (TPSA) is 274 Å². The van der Waals surface area contributed by atoms with E-state index >= 15 is 14.4 Å². The SMILES string of the molecule is CC(C)C[C@@H]1C(=O)N[C@H](CC(C)C)C(=O)N(C)C(C(C)C)C(=O)N(C)C([C@H](O)[C@H](C)CCN2CCC(c3ccccc3)CC2)C(=O)NC([C@@H](C)O)C(=O)N(C)CC(=O)N(C)[C@@H](CC(C)C)C(=O)N[C@H](CC(C)C)N(C)[C@H](CC(C)C)N[C@H](C)C(=O)OC(=O)N1C. The van der Waals surface area contributed by atoms with E-state index in [2.05, 4.69) is 38.3 Å². The maximum absolute atomic E-state index is 15.3. The minimum Gasteiger partial charge on any atom is -0.391 e. The number of nitrogens with zero attached hydrogens (tertiary/aromatic N) is 7. The van der Waals surface area contributed by atoms with Crippen LogP contribution < -0.4 is 21.3 Å². The molecule has 2 fully saturated rings. The van der Waals surface area contributed by atoms with Crippen LogP contribution in [0.3, 0.4) is 0 Å². The number of rotatable bonds is 18. The molecule has 3 rings (SSSR count). The average Bonchev–Trinajstić information content (AvgIpc) is 0.913. The van der Waals surface area contributed by atoms with Crippen molar-refractivity contribution >= 4 is 53.4 Å². The van der Waals surface area contributed by atoms with Crippen LogP contribution in [-0.2, 0) is 43.1 Å². The van der Waals surface area contributed by atoms with E-state index in [1.54, 1.807) is 34.7 Å². The van der Waals surface area contributed by atoms with Crippen molar-refractivity contribution in [3.05, 3.63) is 35.9 Å². The first-order valence-corrected chi connectivity index (χ1v) is 32.9. The zero-order valence-electron chi connectivity index (χ0n) is 58.4. The molecule has 12 atom stereocenters. The predicted octanol–water partition coefficient (Wildman–Crippen LogP) is 5.08. The molecular formula is C67H117N11O12. The van der Waals surface area contributed by atoms with Crippen LogP contribution in [0, 0.1) is 41.4 Å². The first kappa shape index (κ1) is 78.5. The van der Waals surface area contributed by atoms with E-state index in [1.807, 2.05) is 92.3 Å². The molecule has 23 nitrogen and oxygen atoms in total. The summed E-state index contributed by atoms with van der Waals surface area (Å²) in [5.74, 6) is -7.12. The number of ether oxygens (including phenoxy) is 1. The molecule has 0 saturated carbocycles. The smallest absolute Gasteiger partial charge is 0.391 e. The molecule has 2 aliphatic rings. The van der Waals surface area contributed by atoms with Gasteiger partial charge >= 0.3 is 12.1 Å². The van der Waals surface area contributed by atoms with Crippen molar-refractivity contribution in [1.82, 2.24) is 55.6 Å². The molecule has 1 aromatic carbocycles. The van der Waals surface area contributed by atoms with Crippen molar-refractivity contribution in [2.24, 2.45) is 41.4 Å². The molecule has 2 heterocycles. The number of piperidine rings is 1. The van der Waals surface area contributed by atoms with Gasteiger partial charge in [0, 0.05) is 35.2 Å². The normalized spacial score (nSPS) is 26.7. The summed E-state index contributed by atoms with van der Waals surface area (Å²) in [6, 6.07) is 1.08. The zero-order valence-corrected chi connectivity index (χ0v) is 58.4. The fourth-order valence-electron chi connectivity index (χ4n) is 12.2. The second-order valence-electron chi connectivity index (χ2n) is 28.4. The maximum Gasteiger partial charge on any atom is 0.417 e. The van der Waals surface area contributed by atoms with E-state index in [-0.39, 0.29) is 48.9 Å². The minimum absolute atomic E-state index is 0.0509. The van der Waals surface area contributed by atoms with Crippen molar-refractivity contribution in [2.75, 3.05) is 68.5 Å². The standard InChI is InChI=1S/C67H117N11O12/c1-39(2)33-50-63(85)76(20)57(44(11)12)65(87)77(21)58(59(81)45(13)27-30-78-31-28-49(29-32-78)48-25-23-22-24-26-48)62(84)71-56(47(15)79)64(86)72(16)38-55(80)73(17)51(34-40(3)4)61(83)70-54(37-43(9)10)75(19)53(36-42(7)8)68-46(14)66(88)90-67(89)74(18)52(35-41(5)6)60(82)69-50/h22-26,39-47,49-54,56-59,68,79,81H,27-38H2,1-21H3,(H,69,82)(H,70,83)(H,71,84)/t45-,46-,47-,50-,51+,52-,53-,54+,56?,57?,58?,59-/m1/s1. The molecule has 23 heteroatoms. The van der Waals surface area contributed by atoms with Gasteiger partial charge < -0.3 is 55.4 Å². The number of benzene rings is 1. The van der Waals surface area contributed by atoms with Crippen LogP contribution >= 0.6 is 0 Å². The van der Waals surface area contributed by atoms with Gasteiger partial charge in [0.15, 0.2) is 0 Å². The lowest BCUT2D eigenvalue weighted by molar-refractivity contribution is -0.155. The summed E-state index contributed by atoms with van der Waals surface area (Å²) in [5, 5.41) is 35.9. The molecule has 0 aromatic heterocycles. The average molecular weight is 1270 g/mol. The van der Waals surface area contributed by atoms with Crippen molar-refractivity contribution in [3.63, 3.8) is 0 Å². The lowest BCUT2D eigenvalue weighted by Crippen LogP contribution is -2.64. The van der Waals surface area contributed by atoms with Crippen molar-refractivity contribution in [1.29, 1.82) is 0 Å². The van der Waals surface area contributed by atoms with Gasteiger partial charge in [0.25, 0.3) is 0 Å². The van der Waals surface area contributed by atoms with Crippen LogP contribution in [-0.4, -0.2) is 233 Å². The number of likely N-dealkylation sites (N-methyl/N-ethyl adjacent to an activating group) is 5. The number of esters is 1. The number of carbonyl (C=O) groups excluding carboxylic acids is 9. The van der Waals surface area contributed by atoms with E-state index in [0.717, 1.165) is 40.6 Å². The third-order valence-corrected chi connectivity index (χ3v) is 17.7. The Morgan fingerprint density at radius 2 is 1.06 bits per heavy atom. The van der Waals surface area contributed by atoms with E-state index in [4.69, 9.17) is 4.74 Å². The van der Waals surface area contributed by atoms with Gasteiger partial charge in [0.2, 0.25) is 41.4 Å².